The summed E-state index contributed by atoms with van der Waals surface area (Å²) in [5, 5.41) is 9.88. The molecule has 2 rings (SSSR count). The standard InChI is InChI=1S/C20H26N2O2.ClH/c1-3-21(4-2)15-16-22(18-13-9-6-10-14-18)19(20(23)24)17-11-7-5-8-12-17;/h5-14,19H,3-4,15-16H2,1-2H3,(H,23,24);1H. The van der Waals surface area contributed by atoms with Crippen LogP contribution in [0.4, 0.5) is 5.69 Å². The van der Waals surface area contributed by atoms with E-state index in [1.807, 2.05) is 65.6 Å². The van der Waals surface area contributed by atoms with Crippen LogP contribution in [0.1, 0.15) is 25.5 Å². The summed E-state index contributed by atoms with van der Waals surface area (Å²) in [6, 6.07) is 18.5. The number of anilines is 1. The van der Waals surface area contributed by atoms with Gasteiger partial charge in [-0.15, -0.1) is 12.4 Å². The van der Waals surface area contributed by atoms with Crippen LogP contribution in [0.3, 0.4) is 0 Å². The smallest absolute Gasteiger partial charge is 0.331 e. The van der Waals surface area contributed by atoms with Gasteiger partial charge in [-0.3, -0.25) is 0 Å². The highest BCUT2D eigenvalue weighted by Gasteiger charge is 2.27. The Morgan fingerprint density at radius 3 is 1.92 bits per heavy atom. The van der Waals surface area contributed by atoms with Gasteiger partial charge in [-0.05, 0) is 30.8 Å². The second kappa shape index (κ2) is 10.7. The van der Waals surface area contributed by atoms with Gasteiger partial charge in [0.2, 0.25) is 0 Å². The van der Waals surface area contributed by atoms with Gasteiger partial charge in [0.25, 0.3) is 0 Å². The maximum atomic E-state index is 12.0. The molecular formula is C20H27ClN2O2. The van der Waals surface area contributed by atoms with E-state index in [-0.39, 0.29) is 12.4 Å². The minimum Gasteiger partial charge on any atom is -0.479 e. The van der Waals surface area contributed by atoms with Crippen molar-refractivity contribution in [2.24, 2.45) is 0 Å². The molecule has 0 amide bonds. The summed E-state index contributed by atoms with van der Waals surface area (Å²) >= 11 is 0. The zero-order valence-corrected chi connectivity index (χ0v) is 15.7. The molecule has 2 aromatic rings. The van der Waals surface area contributed by atoms with Crippen molar-refractivity contribution in [3.8, 4) is 0 Å². The van der Waals surface area contributed by atoms with E-state index in [1.165, 1.54) is 0 Å². The largest absolute Gasteiger partial charge is 0.479 e. The molecule has 0 spiro atoms. The van der Waals surface area contributed by atoms with Gasteiger partial charge in [-0.25, -0.2) is 4.79 Å². The number of para-hydroxylation sites is 1. The molecule has 0 radical (unpaired) electrons. The van der Waals surface area contributed by atoms with Gasteiger partial charge < -0.3 is 14.9 Å². The fourth-order valence-electron chi connectivity index (χ4n) is 2.91. The van der Waals surface area contributed by atoms with Crippen LogP contribution in [0.2, 0.25) is 0 Å². The Kier molecular flexibility index (Phi) is 9.03. The van der Waals surface area contributed by atoms with Crippen molar-refractivity contribution in [1.82, 2.24) is 4.90 Å². The second-order valence-electron chi connectivity index (χ2n) is 5.71. The Morgan fingerprint density at radius 2 is 1.44 bits per heavy atom. The van der Waals surface area contributed by atoms with Crippen molar-refractivity contribution in [2.45, 2.75) is 19.9 Å². The van der Waals surface area contributed by atoms with Gasteiger partial charge in [-0.1, -0.05) is 62.4 Å². The maximum Gasteiger partial charge on any atom is 0.331 e. The second-order valence-corrected chi connectivity index (χ2v) is 5.71. The van der Waals surface area contributed by atoms with E-state index in [1.54, 1.807) is 0 Å². The van der Waals surface area contributed by atoms with E-state index < -0.39 is 12.0 Å². The van der Waals surface area contributed by atoms with Crippen LogP contribution in [0.25, 0.3) is 0 Å². The number of carbonyl (C=O) groups is 1. The van der Waals surface area contributed by atoms with Crippen molar-refractivity contribution in [3.63, 3.8) is 0 Å². The Balaban J connectivity index is 0.00000312. The number of aliphatic carboxylic acids is 1. The lowest BCUT2D eigenvalue weighted by Gasteiger charge is -2.33. The molecule has 0 bridgehead atoms. The highest BCUT2D eigenvalue weighted by molar-refractivity contribution is 5.85. The van der Waals surface area contributed by atoms with Crippen molar-refractivity contribution < 1.29 is 9.90 Å². The molecule has 25 heavy (non-hydrogen) atoms. The Labute approximate surface area is 156 Å². The van der Waals surface area contributed by atoms with Crippen molar-refractivity contribution in [3.05, 3.63) is 66.2 Å². The SMILES string of the molecule is CCN(CC)CCN(c1ccccc1)C(C(=O)O)c1ccccc1.Cl. The summed E-state index contributed by atoms with van der Waals surface area (Å²) in [7, 11) is 0. The third-order valence-electron chi connectivity index (χ3n) is 4.30. The van der Waals surface area contributed by atoms with Gasteiger partial charge in [0, 0.05) is 18.8 Å². The number of rotatable bonds is 9. The average molecular weight is 363 g/mol. The third-order valence-corrected chi connectivity index (χ3v) is 4.30. The topological polar surface area (TPSA) is 43.8 Å². The zero-order valence-electron chi connectivity index (χ0n) is 14.8. The van der Waals surface area contributed by atoms with E-state index in [9.17, 15) is 9.90 Å². The van der Waals surface area contributed by atoms with Crippen LogP contribution in [0.5, 0.6) is 0 Å². The molecule has 0 heterocycles. The zero-order chi connectivity index (χ0) is 17.4. The average Bonchev–Trinajstić information content (AvgIpc) is 2.62. The van der Waals surface area contributed by atoms with Gasteiger partial charge >= 0.3 is 5.97 Å². The van der Waals surface area contributed by atoms with Gasteiger partial charge in [0.15, 0.2) is 6.04 Å². The van der Waals surface area contributed by atoms with E-state index in [2.05, 4.69) is 18.7 Å². The minimum atomic E-state index is -0.829. The monoisotopic (exact) mass is 362 g/mol. The predicted molar refractivity (Wildman–Crippen MR) is 106 cm³/mol. The summed E-state index contributed by atoms with van der Waals surface area (Å²) in [6.45, 7) is 7.67. The highest BCUT2D eigenvalue weighted by Crippen LogP contribution is 2.27. The first-order chi connectivity index (χ1) is 11.7. The lowest BCUT2D eigenvalue weighted by atomic mass is 10.0. The Bertz CT molecular complexity index is 618. The molecule has 1 atom stereocenters. The molecule has 0 fully saturated rings. The number of nitrogens with zero attached hydrogens (tertiary/aromatic N) is 2. The molecule has 1 unspecified atom stereocenters. The third kappa shape index (κ3) is 5.76. The van der Waals surface area contributed by atoms with Crippen molar-refractivity contribution in [1.29, 1.82) is 0 Å². The fourth-order valence-corrected chi connectivity index (χ4v) is 2.91. The highest BCUT2D eigenvalue weighted by atomic mass is 35.5. The van der Waals surface area contributed by atoms with Crippen LogP contribution in [0, 0.1) is 0 Å². The molecule has 0 aliphatic carbocycles. The Morgan fingerprint density at radius 1 is 0.920 bits per heavy atom. The van der Waals surface area contributed by atoms with E-state index in [4.69, 9.17) is 0 Å². The summed E-state index contributed by atoms with van der Waals surface area (Å²) in [4.78, 5) is 16.3. The lowest BCUT2D eigenvalue weighted by molar-refractivity contribution is -0.138. The molecular weight excluding hydrogens is 336 g/mol. The normalized spacial score (nSPS) is 11.6. The molecule has 0 aromatic heterocycles. The number of hydrogen-bond donors (Lipinski definition) is 1. The van der Waals surface area contributed by atoms with Crippen LogP contribution in [-0.2, 0) is 4.79 Å². The number of halogens is 1. The predicted octanol–water partition coefficient (Wildman–Crippen LogP) is 4.08. The molecule has 1 N–H and O–H groups in total. The van der Waals surface area contributed by atoms with E-state index in [0.29, 0.717) is 6.54 Å². The van der Waals surface area contributed by atoms with Crippen molar-refractivity contribution >= 4 is 24.1 Å². The fraction of sp³-hybridized carbons (Fsp3) is 0.350. The minimum absolute atomic E-state index is 0. The van der Waals surface area contributed by atoms with Crippen LogP contribution < -0.4 is 4.90 Å². The Hall–Kier alpha value is -2.04. The molecule has 5 heteroatoms. The quantitative estimate of drug-likeness (QED) is 0.729. The summed E-state index contributed by atoms with van der Waals surface area (Å²) < 4.78 is 0. The first-order valence-electron chi connectivity index (χ1n) is 8.49. The number of hydrogen-bond acceptors (Lipinski definition) is 3. The molecule has 4 nitrogen and oxygen atoms in total. The lowest BCUT2D eigenvalue weighted by Crippen LogP contribution is -2.40. The van der Waals surface area contributed by atoms with Crippen LogP contribution >= 0.6 is 12.4 Å². The number of likely N-dealkylation sites (N-methyl/N-ethyl adjacent to an activating group) is 1. The van der Waals surface area contributed by atoms with Crippen LogP contribution in [-0.4, -0.2) is 42.2 Å². The first-order valence-corrected chi connectivity index (χ1v) is 8.49. The van der Waals surface area contributed by atoms with Crippen LogP contribution in [0.15, 0.2) is 60.7 Å². The van der Waals surface area contributed by atoms with Crippen molar-refractivity contribution in [2.75, 3.05) is 31.1 Å². The first kappa shape index (κ1) is 21.0. The molecule has 0 aliphatic heterocycles. The van der Waals surface area contributed by atoms with Gasteiger partial charge in [0.05, 0.1) is 0 Å². The number of carboxylic acids is 1. The molecule has 136 valence electrons. The molecule has 2 aromatic carbocycles. The summed E-state index contributed by atoms with van der Waals surface area (Å²) in [5.74, 6) is -0.829. The molecule has 0 aliphatic rings. The number of benzene rings is 2. The van der Waals surface area contributed by atoms with Gasteiger partial charge in [0.1, 0.15) is 0 Å². The van der Waals surface area contributed by atoms with E-state index in [0.717, 1.165) is 30.9 Å². The summed E-state index contributed by atoms with van der Waals surface area (Å²) in [5.41, 5.74) is 1.73. The molecule has 0 saturated heterocycles. The number of carboxylic acid groups (broad SMARTS) is 1. The van der Waals surface area contributed by atoms with Gasteiger partial charge in [-0.2, -0.15) is 0 Å². The maximum absolute atomic E-state index is 12.0. The van der Waals surface area contributed by atoms with E-state index >= 15 is 0 Å². The molecule has 0 saturated carbocycles. The summed E-state index contributed by atoms with van der Waals surface area (Å²) in [6.07, 6.45) is 0.